The van der Waals surface area contributed by atoms with Gasteiger partial charge in [0, 0.05) is 62.8 Å². The lowest BCUT2D eigenvalue weighted by molar-refractivity contribution is 0.0935. The fourth-order valence-electron chi connectivity index (χ4n) is 3.83. The molecule has 0 radical (unpaired) electrons. The predicted molar refractivity (Wildman–Crippen MR) is 115 cm³/mol. The zero-order valence-corrected chi connectivity index (χ0v) is 16.4. The molecule has 0 bridgehead atoms. The normalized spacial score (nSPS) is 15.4. The number of hydrogen-bond acceptors (Lipinski definition) is 4. The maximum Gasteiger partial charge on any atom is 0.252 e. The highest BCUT2D eigenvalue weighted by molar-refractivity contribution is 6.05. The fourth-order valence-corrected chi connectivity index (χ4v) is 3.83. The minimum absolute atomic E-state index is 0.199. The average molecular weight is 390 g/mol. The van der Waals surface area contributed by atoms with Crippen LogP contribution in [0, 0.1) is 0 Å². The molecular formula is C23H26N4O2. The van der Waals surface area contributed by atoms with Crippen molar-refractivity contribution in [3.8, 4) is 0 Å². The van der Waals surface area contributed by atoms with Crippen LogP contribution < -0.4 is 10.9 Å². The van der Waals surface area contributed by atoms with Gasteiger partial charge in [0.15, 0.2) is 0 Å². The third-order valence-electron chi connectivity index (χ3n) is 5.42. The van der Waals surface area contributed by atoms with Gasteiger partial charge in [0.2, 0.25) is 5.56 Å². The Morgan fingerprint density at radius 1 is 0.931 bits per heavy atom. The smallest absolute Gasteiger partial charge is 0.252 e. The van der Waals surface area contributed by atoms with E-state index in [9.17, 15) is 9.59 Å². The molecule has 0 aliphatic carbocycles. The first-order chi connectivity index (χ1) is 14.2. The van der Waals surface area contributed by atoms with Gasteiger partial charge in [0.25, 0.3) is 5.91 Å². The van der Waals surface area contributed by atoms with Crippen molar-refractivity contribution in [2.24, 2.45) is 0 Å². The molecule has 2 N–H and O–H groups in total. The Kier molecular flexibility index (Phi) is 6.03. The van der Waals surface area contributed by atoms with Crippen LogP contribution in [0.25, 0.3) is 10.9 Å². The molecule has 6 heteroatoms. The van der Waals surface area contributed by atoms with Crippen LogP contribution in [-0.4, -0.2) is 60.0 Å². The Morgan fingerprint density at radius 2 is 1.62 bits per heavy atom. The minimum atomic E-state index is -0.261. The van der Waals surface area contributed by atoms with E-state index in [2.05, 4.69) is 44.4 Å². The third kappa shape index (κ3) is 4.91. The highest BCUT2D eigenvalue weighted by Gasteiger charge is 2.17. The number of hydrogen-bond donors (Lipinski definition) is 2. The van der Waals surface area contributed by atoms with Crippen molar-refractivity contribution < 1.29 is 4.79 Å². The Hall–Kier alpha value is -2.96. The second kappa shape index (κ2) is 9.03. The molecular weight excluding hydrogens is 364 g/mol. The van der Waals surface area contributed by atoms with Crippen molar-refractivity contribution in [2.45, 2.75) is 6.54 Å². The van der Waals surface area contributed by atoms with Gasteiger partial charge in [-0.05, 0) is 11.6 Å². The molecule has 0 atom stereocenters. The number of para-hydroxylation sites is 1. The number of carbonyl (C=O) groups excluding carboxylic acids is 1. The van der Waals surface area contributed by atoms with E-state index in [1.54, 1.807) is 0 Å². The summed E-state index contributed by atoms with van der Waals surface area (Å²) in [4.78, 5) is 32.1. The number of aromatic nitrogens is 1. The second-order valence-electron chi connectivity index (χ2n) is 7.45. The Morgan fingerprint density at radius 3 is 2.41 bits per heavy atom. The van der Waals surface area contributed by atoms with Crippen LogP contribution in [-0.2, 0) is 6.54 Å². The number of carbonyl (C=O) groups is 1. The van der Waals surface area contributed by atoms with Crippen molar-refractivity contribution >= 4 is 16.8 Å². The zero-order valence-electron chi connectivity index (χ0n) is 16.4. The van der Waals surface area contributed by atoms with Crippen LogP contribution in [0.2, 0.25) is 0 Å². The summed E-state index contributed by atoms with van der Waals surface area (Å²) < 4.78 is 0. The molecule has 1 fully saturated rings. The number of fused-ring (bicyclic) bond motifs is 1. The zero-order chi connectivity index (χ0) is 20.1. The van der Waals surface area contributed by atoms with Crippen LogP contribution in [0.1, 0.15) is 15.9 Å². The molecule has 1 aliphatic heterocycles. The quantitative estimate of drug-likeness (QED) is 0.676. The third-order valence-corrected chi connectivity index (χ3v) is 5.42. The molecule has 29 heavy (non-hydrogen) atoms. The maximum absolute atomic E-state index is 12.6. The van der Waals surface area contributed by atoms with Gasteiger partial charge >= 0.3 is 0 Å². The highest BCUT2D eigenvalue weighted by Crippen LogP contribution is 2.14. The molecule has 3 aromatic rings. The molecule has 2 heterocycles. The van der Waals surface area contributed by atoms with Crippen molar-refractivity contribution in [3.05, 3.63) is 82.1 Å². The van der Waals surface area contributed by atoms with Crippen molar-refractivity contribution in [1.29, 1.82) is 0 Å². The van der Waals surface area contributed by atoms with E-state index in [1.165, 1.54) is 11.6 Å². The van der Waals surface area contributed by atoms with Crippen molar-refractivity contribution in [1.82, 2.24) is 20.1 Å². The number of pyridine rings is 1. The van der Waals surface area contributed by atoms with E-state index in [-0.39, 0.29) is 11.5 Å². The van der Waals surface area contributed by atoms with Gasteiger partial charge in [0.05, 0.1) is 5.56 Å². The molecule has 1 aliphatic rings. The molecule has 150 valence electrons. The first kappa shape index (κ1) is 19.4. The minimum Gasteiger partial charge on any atom is -0.351 e. The number of rotatable bonds is 6. The summed E-state index contributed by atoms with van der Waals surface area (Å²) >= 11 is 0. The number of aromatic amines is 1. The van der Waals surface area contributed by atoms with E-state index in [4.69, 9.17) is 0 Å². The monoisotopic (exact) mass is 390 g/mol. The van der Waals surface area contributed by atoms with E-state index in [0.29, 0.717) is 17.6 Å². The van der Waals surface area contributed by atoms with Gasteiger partial charge in [0.1, 0.15) is 0 Å². The van der Waals surface area contributed by atoms with Gasteiger partial charge in [-0.1, -0.05) is 48.5 Å². The molecule has 0 saturated carbocycles. The summed E-state index contributed by atoms with van der Waals surface area (Å²) in [5.41, 5.74) is 2.19. The van der Waals surface area contributed by atoms with Gasteiger partial charge in [-0.15, -0.1) is 0 Å². The average Bonchev–Trinajstić information content (AvgIpc) is 2.75. The Balaban J connectivity index is 1.26. The lowest BCUT2D eigenvalue weighted by atomic mass is 10.1. The molecule has 1 saturated heterocycles. The van der Waals surface area contributed by atoms with Crippen molar-refractivity contribution in [2.75, 3.05) is 39.3 Å². The van der Waals surface area contributed by atoms with Crippen LogP contribution >= 0.6 is 0 Å². The predicted octanol–water partition coefficient (Wildman–Crippen LogP) is 2.08. The summed E-state index contributed by atoms with van der Waals surface area (Å²) in [5, 5.41) is 3.73. The topological polar surface area (TPSA) is 68.4 Å². The molecule has 0 unspecified atom stereocenters. The SMILES string of the molecule is O=C(NCCN1CCN(Cc2ccccc2)CC1)c1cc(=O)[nH]c2ccccc12. The standard InChI is InChI=1S/C23H26N4O2/c28-22-16-20(19-8-4-5-9-21(19)25-22)23(29)24-10-11-26-12-14-27(15-13-26)17-18-6-2-1-3-7-18/h1-9,16H,10-15,17H2,(H,24,29)(H,25,28). The lowest BCUT2D eigenvalue weighted by Crippen LogP contribution is -2.48. The second-order valence-corrected chi connectivity index (χ2v) is 7.45. The Labute approximate surface area is 170 Å². The summed E-state index contributed by atoms with van der Waals surface area (Å²) in [5.74, 6) is -0.199. The highest BCUT2D eigenvalue weighted by atomic mass is 16.2. The van der Waals surface area contributed by atoms with Crippen LogP contribution in [0.15, 0.2) is 65.5 Å². The van der Waals surface area contributed by atoms with Crippen LogP contribution in [0.5, 0.6) is 0 Å². The first-order valence-corrected chi connectivity index (χ1v) is 10.1. The van der Waals surface area contributed by atoms with Crippen molar-refractivity contribution in [3.63, 3.8) is 0 Å². The molecule has 1 amide bonds. The van der Waals surface area contributed by atoms with Gasteiger partial charge in [-0.2, -0.15) is 0 Å². The van der Waals surface area contributed by atoms with Crippen LogP contribution in [0.4, 0.5) is 0 Å². The molecule has 2 aromatic carbocycles. The van der Waals surface area contributed by atoms with Gasteiger partial charge < -0.3 is 10.3 Å². The van der Waals surface area contributed by atoms with Crippen LogP contribution in [0.3, 0.4) is 0 Å². The number of amides is 1. The molecule has 4 rings (SSSR count). The summed E-state index contributed by atoms with van der Waals surface area (Å²) in [6.45, 7) is 6.42. The molecule has 6 nitrogen and oxygen atoms in total. The molecule has 1 aromatic heterocycles. The van der Waals surface area contributed by atoms with E-state index < -0.39 is 0 Å². The number of benzene rings is 2. The number of H-pyrrole nitrogens is 1. The van der Waals surface area contributed by atoms with E-state index in [1.807, 2.05) is 30.3 Å². The van der Waals surface area contributed by atoms with E-state index >= 15 is 0 Å². The number of nitrogens with one attached hydrogen (secondary N) is 2. The lowest BCUT2D eigenvalue weighted by Gasteiger charge is -2.34. The van der Waals surface area contributed by atoms with Gasteiger partial charge in [-0.3, -0.25) is 19.4 Å². The first-order valence-electron chi connectivity index (χ1n) is 10.1. The summed E-state index contributed by atoms with van der Waals surface area (Å²) in [6.07, 6.45) is 0. The van der Waals surface area contributed by atoms with E-state index in [0.717, 1.165) is 44.7 Å². The number of piperazine rings is 1. The maximum atomic E-state index is 12.6. The molecule has 0 spiro atoms. The van der Waals surface area contributed by atoms with Gasteiger partial charge in [-0.25, -0.2) is 0 Å². The Bertz CT molecular complexity index is 1020. The summed E-state index contributed by atoms with van der Waals surface area (Å²) in [6, 6.07) is 19.3. The fraction of sp³-hybridized carbons (Fsp3) is 0.304. The summed E-state index contributed by atoms with van der Waals surface area (Å²) in [7, 11) is 0. The number of nitrogens with zero attached hydrogens (tertiary/aromatic N) is 2. The largest absolute Gasteiger partial charge is 0.351 e.